The Morgan fingerprint density at radius 3 is 2.85 bits per heavy atom. The summed E-state index contributed by atoms with van der Waals surface area (Å²) < 4.78 is 28.3. The van der Waals surface area contributed by atoms with Gasteiger partial charge in [0, 0.05) is 11.3 Å². The van der Waals surface area contributed by atoms with E-state index in [2.05, 4.69) is 5.16 Å². The number of benzene rings is 1. The fourth-order valence-corrected chi connectivity index (χ4v) is 2.87. The molecule has 5 nitrogen and oxygen atoms in total. The molecular weight excluding hydrogens is 278 g/mol. The van der Waals surface area contributed by atoms with Crippen LogP contribution in [0.4, 0.5) is 0 Å². The van der Waals surface area contributed by atoms with Crippen molar-refractivity contribution in [1.82, 2.24) is 0 Å². The molecule has 2 rings (SSSR count). The molecule has 1 N–H and O–H groups in total. The van der Waals surface area contributed by atoms with Crippen LogP contribution in [0.3, 0.4) is 0 Å². The first kappa shape index (κ1) is 14.8. The molecule has 0 radical (unpaired) electrons. The lowest BCUT2D eigenvalue weighted by Gasteiger charge is -2.17. The highest BCUT2D eigenvalue weighted by Gasteiger charge is 2.17. The Bertz CT molecular complexity index is 608. The first-order valence-corrected chi connectivity index (χ1v) is 8.55. The molecule has 0 unspecified atom stereocenters. The lowest BCUT2D eigenvalue weighted by molar-refractivity contribution is 0.317. The van der Waals surface area contributed by atoms with Crippen molar-refractivity contribution in [2.24, 2.45) is 5.16 Å². The van der Waals surface area contributed by atoms with E-state index >= 15 is 0 Å². The average Bonchev–Trinajstić information content (AvgIpc) is 2.46. The van der Waals surface area contributed by atoms with Crippen LogP contribution in [-0.2, 0) is 16.3 Å². The van der Waals surface area contributed by atoms with E-state index in [-0.39, 0.29) is 18.1 Å². The van der Waals surface area contributed by atoms with E-state index in [9.17, 15) is 8.42 Å². The van der Waals surface area contributed by atoms with Gasteiger partial charge >= 0.3 is 0 Å². The zero-order chi connectivity index (χ0) is 14.6. The Morgan fingerprint density at radius 1 is 1.35 bits per heavy atom. The highest BCUT2D eigenvalue weighted by Crippen LogP contribution is 2.26. The van der Waals surface area contributed by atoms with Gasteiger partial charge in [-0.15, -0.1) is 0 Å². The van der Waals surface area contributed by atoms with Gasteiger partial charge < -0.3 is 9.94 Å². The molecule has 6 heteroatoms. The summed E-state index contributed by atoms with van der Waals surface area (Å²) >= 11 is 0. The van der Waals surface area contributed by atoms with Crippen molar-refractivity contribution < 1.29 is 18.4 Å². The largest absolute Gasteiger partial charge is 0.493 e. The van der Waals surface area contributed by atoms with Crippen molar-refractivity contribution >= 4 is 15.5 Å². The Labute approximate surface area is 119 Å². The minimum atomic E-state index is -3.01. The summed E-state index contributed by atoms with van der Waals surface area (Å²) in [4.78, 5) is 0. The van der Waals surface area contributed by atoms with Gasteiger partial charge in [0.05, 0.1) is 11.5 Å². The molecule has 0 aromatic heterocycles. The quantitative estimate of drug-likeness (QED) is 0.666. The number of fused-ring (bicyclic) bond motifs is 1. The highest BCUT2D eigenvalue weighted by molar-refractivity contribution is 7.91. The van der Waals surface area contributed by atoms with Crippen LogP contribution in [0.2, 0.25) is 0 Å². The molecule has 1 aromatic carbocycles. The maximum Gasteiger partial charge on any atom is 0.153 e. The Morgan fingerprint density at radius 2 is 2.15 bits per heavy atom. The molecule has 0 aliphatic heterocycles. The molecular formula is C14H19NO4S. The number of sulfone groups is 1. The van der Waals surface area contributed by atoms with Crippen LogP contribution in [0, 0.1) is 0 Å². The second kappa shape index (κ2) is 6.26. The van der Waals surface area contributed by atoms with Crippen LogP contribution in [0.25, 0.3) is 0 Å². The summed E-state index contributed by atoms with van der Waals surface area (Å²) in [5.74, 6) is 0.752. The summed E-state index contributed by atoms with van der Waals surface area (Å²) in [6.45, 7) is 1.76. The maximum absolute atomic E-state index is 11.4. The van der Waals surface area contributed by atoms with Gasteiger partial charge in [-0.25, -0.2) is 8.42 Å². The minimum absolute atomic E-state index is 0.0154. The van der Waals surface area contributed by atoms with Crippen molar-refractivity contribution in [3.05, 3.63) is 29.3 Å². The van der Waals surface area contributed by atoms with Gasteiger partial charge in [-0.2, -0.15) is 0 Å². The van der Waals surface area contributed by atoms with E-state index in [1.807, 2.05) is 18.2 Å². The predicted octanol–water partition coefficient (Wildman–Crippen LogP) is 2.01. The van der Waals surface area contributed by atoms with Crippen LogP contribution >= 0.6 is 0 Å². The first-order chi connectivity index (χ1) is 9.55. The Hall–Kier alpha value is -1.56. The van der Waals surface area contributed by atoms with Crippen LogP contribution in [0.15, 0.2) is 23.4 Å². The van der Waals surface area contributed by atoms with Crippen molar-refractivity contribution in [2.45, 2.75) is 26.2 Å². The third-order valence-corrected chi connectivity index (χ3v) is 5.14. The highest BCUT2D eigenvalue weighted by atomic mass is 32.2. The van der Waals surface area contributed by atoms with Crippen molar-refractivity contribution in [3.8, 4) is 5.75 Å². The molecule has 0 saturated heterocycles. The number of rotatable bonds is 5. The number of aryl methyl sites for hydroxylation is 1. The standard InChI is InChI=1S/C14H19NO4S/c1-2-20(17,18)9-8-19-12-7-6-11-4-3-5-14(15-16)13(11)10-12/h6-7,10,16H,2-5,8-9H2,1H3/b15-14-. The van der Waals surface area contributed by atoms with Crippen LogP contribution in [0.5, 0.6) is 5.75 Å². The van der Waals surface area contributed by atoms with Gasteiger partial charge in [-0.05, 0) is 37.0 Å². The second-order valence-electron chi connectivity index (χ2n) is 4.80. The predicted molar refractivity (Wildman–Crippen MR) is 77.5 cm³/mol. The lowest BCUT2D eigenvalue weighted by atomic mass is 9.90. The zero-order valence-electron chi connectivity index (χ0n) is 11.5. The molecule has 0 saturated carbocycles. The van der Waals surface area contributed by atoms with Gasteiger partial charge in [0.1, 0.15) is 12.4 Å². The summed E-state index contributed by atoms with van der Waals surface area (Å²) in [5, 5.41) is 12.3. The molecule has 0 heterocycles. The number of nitrogens with zero attached hydrogens (tertiary/aromatic N) is 1. The molecule has 0 fully saturated rings. The molecule has 0 bridgehead atoms. The summed E-state index contributed by atoms with van der Waals surface area (Å²) in [7, 11) is -3.01. The minimum Gasteiger partial charge on any atom is -0.493 e. The SMILES string of the molecule is CCS(=O)(=O)CCOc1ccc2c(c1)/C(=N\O)CCC2. The van der Waals surface area contributed by atoms with E-state index in [0.717, 1.165) is 30.4 Å². The van der Waals surface area contributed by atoms with Gasteiger partial charge in [0.25, 0.3) is 0 Å². The molecule has 1 aliphatic rings. The van der Waals surface area contributed by atoms with E-state index in [1.165, 1.54) is 0 Å². The maximum atomic E-state index is 11.4. The normalized spacial score (nSPS) is 16.9. The molecule has 1 aromatic rings. The van der Waals surface area contributed by atoms with Crippen molar-refractivity contribution in [2.75, 3.05) is 18.1 Å². The number of oxime groups is 1. The molecule has 0 atom stereocenters. The lowest BCUT2D eigenvalue weighted by Crippen LogP contribution is -2.16. The number of hydrogen-bond acceptors (Lipinski definition) is 5. The topological polar surface area (TPSA) is 76.0 Å². The van der Waals surface area contributed by atoms with Crippen LogP contribution in [0.1, 0.15) is 30.9 Å². The van der Waals surface area contributed by atoms with Crippen molar-refractivity contribution in [1.29, 1.82) is 0 Å². The second-order valence-corrected chi connectivity index (χ2v) is 7.28. The summed E-state index contributed by atoms with van der Waals surface area (Å²) in [6.07, 6.45) is 2.68. The number of hydrogen-bond donors (Lipinski definition) is 1. The Balaban J connectivity index is 2.07. The molecule has 1 aliphatic carbocycles. The van der Waals surface area contributed by atoms with Gasteiger partial charge in [0.15, 0.2) is 9.84 Å². The van der Waals surface area contributed by atoms with E-state index in [1.54, 1.807) is 6.92 Å². The molecule has 0 amide bonds. The monoisotopic (exact) mass is 297 g/mol. The van der Waals surface area contributed by atoms with Gasteiger partial charge in [-0.1, -0.05) is 18.1 Å². The smallest absolute Gasteiger partial charge is 0.153 e. The van der Waals surface area contributed by atoms with E-state index < -0.39 is 9.84 Å². The molecule has 0 spiro atoms. The van der Waals surface area contributed by atoms with Crippen LogP contribution < -0.4 is 4.74 Å². The summed E-state index contributed by atoms with van der Waals surface area (Å²) in [6, 6.07) is 5.60. The van der Waals surface area contributed by atoms with Gasteiger partial charge in [-0.3, -0.25) is 0 Å². The van der Waals surface area contributed by atoms with Crippen LogP contribution in [-0.4, -0.2) is 37.4 Å². The van der Waals surface area contributed by atoms with E-state index in [4.69, 9.17) is 9.94 Å². The fraction of sp³-hybridized carbons (Fsp3) is 0.500. The van der Waals surface area contributed by atoms with Gasteiger partial charge in [0.2, 0.25) is 0 Å². The first-order valence-electron chi connectivity index (χ1n) is 6.73. The zero-order valence-corrected chi connectivity index (χ0v) is 12.3. The van der Waals surface area contributed by atoms with E-state index in [0.29, 0.717) is 11.5 Å². The summed E-state index contributed by atoms with van der Waals surface area (Å²) in [5.41, 5.74) is 2.70. The molecule has 110 valence electrons. The third kappa shape index (κ3) is 3.50. The third-order valence-electron chi connectivity index (χ3n) is 3.48. The fourth-order valence-electron chi connectivity index (χ4n) is 2.25. The average molecular weight is 297 g/mol. The number of ether oxygens (including phenoxy) is 1. The van der Waals surface area contributed by atoms with Crippen molar-refractivity contribution in [3.63, 3.8) is 0 Å². The molecule has 20 heavy (non-hydrogen) atoms. The Kier molecular flexibility index (Phi) is 4.65.